The Kier molecular flexibility index (Phi) is 6.40. The van der Waals surface area contributed by atoms with E-state index in [0.717, 1.165) is 11.1 Å². The second-order valence-corrected chi connectivity index (χ2v) is 4.50. The lowest BCUT2D eigenvalue weighted by Gasteiger charge is -2.14. The highest BCUT2D eigenvalue weighted by Gasteiger charge is 2.10. The van der Waals surface area contributed by atoms with Crippen LogP contribution in [0.1, 0.15) is 26.3 Å². The Bertz CT molecular complexity index is 406. The van der Waals surface area contributed by atoms with Crippen LogP contribution < -0.4 is 5.90 Å². The lowest BCUT2D eigenvalue weighted by Crippen LogP contribution is -2.21. The molecule has 0 fully saturated rings. The molecule has 0 unspecified atom stereocenters. The van der Waals surface area contributed by atoms with E-state index in [4.69, 9.17) is 15.5 Å². The highest BCUT2D eigenvalue weighted by atomic mass is 16.7. The van der Waals surface area contributed by atoms with Crippen LogP contribution in [0.2, 0.25) is 0 Å². The molecule has 0 radical (unpaired) electrons. The first-order chi connectivity index (χ1) is 8.63. The zero-order valence-electron chi connectivity index (χ0n) is 11.2. The highest BCUT2D eigenvalue weighted by Crippen LogP contribution is 2.09. The first-order valence-corrected chi connectivity index (χ1v) is 6.08. The zero-order valence-corrected chi connectivity index (χ0v) is 11.2. The van der Waals surface area contributed by atoms with E-state index < -0.39 is 6.29 Å². The van der Waals surface area contributed by atoms with Crippen molar-refractivity contribution >= 4 is 0 Å². The topological polar surface area (TPSA) is 44.5 Å². The molecule has 1 aromatic rings. The molecular weight excluding hydrogens is 226 g/mol. The molecule has 0 saturated carbocycles. The molecule has 3 heteroatoms. The lowest BCUT2D eigenvalue weighted by molar-refractivity contribution is -0.128. The van der Waals surface area contributed by atoms with Gasteiger partial charge in [-0.2, -0.15) is 0 Å². The van der Waals surface area contributed by atoms with Crippen molar-refractivity contribution in [2.45, 2.75) is 33.7 Å². The predicted octanol–water partition coefficient (Wildman–Crippen LogP) is 3.18. The molecule has 1 atom stereocenters. The molecule has 2 N–H and O–H groups in total. The summed E-state index contributed by atoms with van der Waals surface area (Å²) in [6, 6.07) is 9.90. The van der Waals surface area contributed by atoms with E-state index in [1.807, 2.05) is 43.3 Å². The fraction of sp³-hybridized carbons (Fsp3) is 0.400. The van der Waals surface area contributed by atoms with E-state index in [0.29, 0.717) is 12.5 Å². The molecule has 0 aliphatic heterocycles. The van der Waals surface area contributed by atoms with Crippen molar-refractivity contribution in [3.63, 3.8) is 0 Å². The van der Waals surface area contributed by atoms with Crippen molar-refractivity contribution in [1.82, 2.24) is 0 Å². The summed E-state index contributed by atoms with van der Waals surface area (Å²) in [6.07, 6.45) is 1.41. The summed E-state index contributed by atoms with van der Waals surface area (Å²) in [7, 11) is 0. The van der Waals surface area contributed by atoms with E-state index in [2.05, 4.69) is 19.6 Å². The second-order valence-electron chi connectivity index (χ2n) is 4.50. The molecule has 3 nitrogen and oxygen atoms in total. The Labute approximate surface area is 109 Å². The normalized spacial score (nSPS) is 12.1. The fourth-order valence-electron chi connectivity index (χ4n) is 1.38. The summed E-state index contributed by atoms with van der Waals surface area (Å²) in [5.41, 5.74) is 5.05. The second kappa shape index (κ2) is 7.85. The van der Waals surface area contributed by atoms with Gasteiger partial charge in [0, 0.05) is 5.57 Å². The molecular formula is C15H21NO2. The molecule has 18 heavy (non-hydrogen) atoms. The molecule has 0 saturated heterocycles. The van der Waals surface area contributed by atoms with E-state index in [-0.39, 0.29) is 0 Å². The molecule has 0 spiro atoms. The van der Waals surface area contributed by atoms with Gasteiger partial charge in [0.25, 0.3) is 0 Å². The quantitative estimate of drug-likeness (QED) is 0.477. The average molecular weight is 247 g/mol. The van der Waals surface area contributed by atoms with E-state index in [1.54, 1.807) is 0 Å². The third-order valence-electron chi connectivity index (χ3n) is 2.37. The van der Waals surface area contributed by atoms with E-state index in [1.165, 1.54) is 0 Å². The minimum Gasteiger partial charge on any atom is -0.342 e. The van der Waals surface area contributed by atoms with Crippen molar-refractivity contribution in [3.8, 4) is 0 Å². The minimum atomic E-state index is -0.555. The molecule has 0 aromatic heterocycles. The Balaban J connectivity index is 2.60. The third kappa shape index (κ3) is 5.30. The maximum absolute atomic E-state index is 5.60. The zero-order chi connectivity index (χ0) is 13.4. The standard InChI is InChI=1S/C15H21NO2/c1-12(2)9-10-13(3)15(18-16)17-11-14-7-5-4-6-8-14/h4-9,12,15H,11,16H2,1-3H3/t10?,15-/m0/s1. The molecule has 0 bridgehead atoms. The first kappa shape index (κ1) is 14.7. The van der Waals surface area contributed by atoms with Crippen LogP contribution in [0.25, 0.3) is 0 Å². The lowest BCUT2D eigenvalue weighted by atomic mass is 10.2. The van der Waals surface area contributed by atoms with Crippen molar-refractivity contribution in [2.24, 2.45) is 11.8 Å². The van der Waals surface area contributed by atoms with Crippen LogP contribution in [-0.2, 0) is 16.2 Å². The molecule has 0 aliphatic carbocycles. The maximum atomic E-state index is 5.60. The van der Waals surface area contributed by atoms with Gasteiger partial charge >= 0.3 is 0 Å². The van der Waals surface area contributed by atoms with Crippen molar-refractivity contribution in [3.05, 3.63) is 53.3 Å². The molecule has 0 amide bonds. The van der Waals surface area contributed by atoms with Gasteiger partial charge in [-0.3, -0.25) is 4.84 Å². The van der Waals surface area contributed by atoms with Gasteiger partial charge in [-0.25, -0.2) is 5.90 Å². The highest BCUT2D eigenvalue weighted by molar-refractivity contribution is 5.13. The third-order valence-corrected chi connectivity index (χ3v) is 2.37. The maximum Gasteiger partial charge on any atom is 0.206 e. The molecule has 1 rings (SSSR count). The number of rotatable bonds is 6. The van der Waals surface area contributed by atoms with Gasteiger partial charge in [0.1, 0.15) is 0 Å². The molecule has 0 heterocycles. The van der Waals surface area contributed by atoms with Crippen LogP contribution in [0.3, 0.4) is 0 Å². The van der Waals surface area contributed by atoms with Gasteiger partial charge in [0.2, 0.25) is 6.29 Å². The average Bonchev–Trinajstić information content (AvgIpc) is 2.38. The van der Waals surface area contributed by atoms with Crippen LogP contribution in [0.15, 0.2) is 47.7 Å². The summed E-state index contributed by atoms with van der Waals surface area (Å²) in [5.74, 6) is 5.68. The van der Waals surface area contributed by atoms with Gasteiger partial charge in [-0.05, 0) is 24.5 Å². The summed E-state index contributed by atoms with van der Waals surface area (Å²) in [5, 5.41) is 0. The summed E-state index contributed by atoms with van der Waals surface area (Å²) in [6.45, 7) is 6.53. The molecule has 0 aliphatic rings. The first-order valence-electron chi connectivity index (χ1n) is 6.08. The number of ether oxygens (including phenoxy) is 1. The monoisotopic (exact) mass is 247 g/mol. The number of hydrogen-bond acceptors (Lipinski definition) is 3. The Morgan fingerprint density at radius 2 is 2.00 bits per heavy atom. The number of hydrogen-bond donors (Lipinski definition) is 1. The molecule has 98 valence electrons. The Hall–Kier alpha value is -1.38. The van der Waals surface area contributed by atoms with Gasteiger partial charge < -0.3 is 4.74 Å². The largest absolute Gasteiger partial charge is 0.342 e. The number of benzene rings is 1. The van der Waals surface area contributed by atoms with Crippen molar-refractivity contribution in [1.29, 1.82) is 0 Å². The van der Waals surface area contributed by atoms with E-state index in [9.17, 15) is 0 Å². The van der Waals surface area contributed by atoms with Crippen LogP contribution >= 0.6 is 0 Å². The van der Waals surface area contributed by atoms with Crippen molar-refractivity contribution in [2.75, 3.05) is 0 Å². The van der Waals surface area contributed by atoms with Crippen LogP contribution in [0.5, 0.6) is 0 Å². The van der Waals surface area contributed by atoms with Gasteiger partial charge in [0.15, 0.2) is 0 Å². The minimum absolute atomic E-state index is 0.437. The van der Waals surface area contributed by atoms with Crippen LogP contribution in [0, 0.1) is 5.92 Å². The Morgan fingerprint density at radius 1 is 1.33 bits per heavy atom. The van der Waals surface area contributed by atoms with Crippen LogP contribution in [-0.4, -0.2) is 6.29 Å². The fourth-order valence-corrected chi connectivity index (χ4v) is 1.38. The summed E-state index contributed by atoms with van der Waals surface area (Å²) in [4.78, 5) is 4.82. The molecule has 1 aromatic carbocycles. The SMILES string of the molecule is CC(=C=CC(C)C)[C@H](ON)OCc1ccccc1. The van der Waals surface area contributed by atoms with Gasteiger partial charge in [0.05, 0.1) is 6.61 Å². The Morgan fingerprint density at radius 3 is 2.56 bits per heavy atom. The number of nitrogens with two attached hydrogens (primary N) is 1. The van der Waals surface area contributed by atoms with Gasteiger partial charge in [-0.15, -0.1) is 5.73 Å². The smallest absolute Gasteiger partial charge is 0.206 e. The van der Waals surface area contributed by atoms with Crippen molar-refractivity contribution < 1.29 is 9.57 Å². The summed E-state index contributed by atoms with van der Waals surface area (Å²) >= 11 is 0. The van der Waals surface area contributed by atoms with E-state index >= 15 is 0 Å². The predicted molar refractivity (Wildman–Crippen MR) is 72.4 cm³/mol. The summed E-state index contributed by atoms with van der Waals surface area (Å²) < 4.78 is 5.60. The van der Waals surface area contributed by atoms with Crippen LogP contribution in [0.4, 0.5) is 0 Å². The van der Waals surface area contributed by atoms with Gasteiger partial charge in [-0.1, -0.05) is 44.2 Å².